The lowest BCUT2D eigenvalue weighted by molar-refractivity contribution is 0.300. The van der Waals surface area contributed by atoms with Gasteiger partial charge in [0.15, 0.2) is 0 Å². The third kappa shape index (κ3) is 2.07. The monoisotopic (exact) mass is 191 g/mol. The first-order valence-corrected chi connectivity index (χ1v) is 5.32. The molecule has 2 rings (SSSR count). The van der Waals surface area contributed by atoms with E-state index < -0.39 is 0 Å². The Kier molecular flexibility index (Phi) is 2.73. The average Bonchev–Trinajstić information content (AvgIpc) is 3.02. The summed E-state index contributed by atoms with van der Waals surface area (Å²) in [5.41, 5.74) is 8.15. The van der Waals surface area contributed by atoms with Crippen LogP contribution in [0.2, 0.25) is 0 Å². The molecule has 2 heteroatoms. The number of ether oxygens (including phenoxy) is 1. The SMILES string of the molecule is CCc1ccc(OC2CC2)c(CN)c1. The zero-order chi connectivity index (χ0) is 9.97. The van der Waals surface area contributed by atoms with E-state index in [0.29, 0.717) is 12.6 Å². The second-order valence-corrected chi connectivity index (χ2v) is 3.82. The highest BCUT2D eigenvalue weighted by Gasteiger charge is 2.24. The molecule has 0 amide bonds. The zero-order valence-electron chi connectivity index (χ0n) is 8.62. The largest absolute Gasteiger partial charge is 0.490 e. The van der Waals surface area contributed by atoms with Gasteiger partial charge in [-0.2, -0.15) is 0 Å². The predicted octanol–water partition coefficient (Wildman–Crippen LogP) is 2.25. The number of aryl methyl sites for hydroxylation is 1. The third-order valence-electron chi connectivity index (χ3n) is 2.57. The Morgan fingerprint density at radius 2 is 2.21 bits per heavy atom. The van der Waals surface area contributed by atoms with Crippen molar-refractivity contribution in [1.82, 2.24) is 0 Å². The summed E-state index contributed by atoms with van der Waals surface area (Å²) in [4.78, 5) is 0. The molecule has 14 heavy (non-hydrogen) atoms. The fraction of sp³-hybridized carbons (Fsp3) is 0.500. The highest BCUT2D eigenvalue weighted by Crippen LogP contribution is 2.29. The molecule has 2 N–H and O–H groups in total. The first kappa shape index (κ1) is 9.53. The van der Waals surface area contributed by atoms with Crippen LogP contribution in [-0.2, 0) is 13.0 Å². The van der Waals surface area contributed by atoms with Gasteiger partial charge >= 0.3 is 0 Å². The van der Waals surface area contributed by atoms with E-state index >= 15 is 0 Å². The summed E-state index contributed by atoms with van der Waals surface area (Å²) in [6.45, 7) is 2.72. The fourth-order valence-corrected chi connectivity index (χ4v) is 1.49. The van der Waals surface area contributed by atoms with Crippen LogP contribution in [0, 0.1) is 0 Å². The summed E-state index contributed by atoms with van der Waals surface area (Å²) in [7, 11) is 0. The summed E-state index contributed by atoms with van der Waals surface area (Å²) in [6.07, 6.45) is 3.89. The molecule has 1 aliphatic rings. The van der Waals surface area contributed by atoms with Crippen molar-refractivity contribution >= 4 is 0 Å². The zero-order valence-corrected chi connectivity index (χ0v) is 8.62. The van der Waals surface area contributed by atoms with Gasteiger partial charge in [-0.05, 0) is 30.9 Å². The van der Waals surface area contributed by atoms with Crippen LogP contribution in [0.1, 0.15) is 30.9 Å². The molecule has 1 aromatic carbocycles. The molecule has 0 heterocycles. The van der Waals surface area contributed by atoms with Crippen LogP contribution >= 0.6 is 0 Å². The second-order valence-electron chi connectivity index (χ2n) is 3.82. The van der Waals surface area contributed by atoms with Gasteiger partial charge in [0.2, 0.25) is 0 Å². The van der Waals surface area contributed by atoms with Crippen molar-refractivity contribution in [2.24, 2.45) is 5.73 Å². The lowest BCUT2D eigenvalue weighted by Crippen LogP contribution is -2.04. The first-order valence-electron chi connectivity index (χ1n) is 5.32. The van der Waals surface area contributed by atoms with Gasteiger partial charge in [-0.25, -0.2) is 0 Å². The van der Waals surface area contributed by atoms with Gasteiger partial charge in [-0.3, -0.25) is 0 Å². The maximum absolute atomic E-state index is 5.77. The molecule has 2 nitrogen and oxygen atoms in total. The normalized spacial score (nSPS) is 15.6. The van der Waals surface area contributed by atoms with Crippen LogP contribution < -0.4 is 10.5 Å². The summed E-state index contributed by atoms with van der Waals surface area (Å²) in [5.74, 6) is 0.979. The number of nitrogens with two attached hydrogens (primary N) is 1. The molecule has 0 radical (unpaired) electrons. The van der Waals surface area contributed by atoms with Crippen molar-refractivity contribution in [3.63, 3.8) is 0 Å². The summed E-state index contributed by atoms with van der Waals surface area (Å²) in [6, 6.07) is 6.33. The van der Waals surface area contributed by atoms with Crippen LogP contribution in [0.25, 0.3) is 0 Å². The lowest BCUT2D eigenvalue weighted by Gasteiger charge is -2.10. The average molecular weight is 191 g/mol. The number of hydrogen-bond acceptors (Lipinski definition) is 2. The van der Waals surface area contributed by atoms with Crippen molar-refractivity contribution in [2.45, 2.75) is 38.8 Å². The Labute approximate surface area is 85.1 Å². The maximum Gasteiger partial charge on any atom is 0.124 e. The number of rotatable bonds is 4. The molecule has 1 aliphatic carbocycles. The first-order chi connectivity index (χ1) is 6.83. The Morgan fingerprint density at radius 3 is 2.79 bits per heavy atom. The highest BCUT2D eigenvalue weighted by molar-refractivity contribution is 5.37. The van der Waals surface area contributed by atoms with Crippen LogP contribution in [0.4, 0.5) is 0 Å². The molecule has 0 unspecified atom stereocenters. The van der Waals surface area contributed by atoms with E-state index in [-0.39, 0.29) is 0 Å². The van der Waals surface area contributed by atoms with E-state index in [4.69, 9.17) is 10.5 Å². The van der Waals surface area contributed by atoms with E-state index in [1.54, 1.807) is 0 Å². The van der Waals surface area contributed by atoms with Gasteiger partial charge in [0.25, 0.3) is 0 Å². The standard InChI is InChI=1S/C12H17NO/c1-2-9-3-6-12(10(7-9)8-13)14-11-4-5-11/h3,6-7,11H,2,4-5,8,13H2,1H3. The third-order valence-corrected chi connectivity index (χ3v) is 2.57. The Bertz CT molecular complexity index is 318. The van der Waals surface area contributed by atoms with E-state index in [9.17, 15) is 0 Å². The second kappa shape index (κ2) is 4.01. The van der Waals surface area contributed by atoms with Crippen LogP contribution in [0.3, 0.4) is 0 Å². The van der Waals surface area contributed by atoms with Crippen LogP contribution in [-0.4, -0.2) is 6.10 Å². The molecule has 0 bridgehead atoms. The van der Waals surface area contributed by atoms with E-state index in [0.717, 1.165) is 17.7 Å². The van der Waals surface area contributed by atoms with Gasteiger partial charge in [0, 0.05) is 12.1 Å². The molecular formula is C12H17NO. The van der Waals surface area contributed by atoms with Gasteiger partial charge in [0.05, 0.1) is 6.10 Å². The Balaban J connectivity index is 2.19. The predicted molar refractivity (Wildman–Crippen MR) is 57.4 cm³/mol. The van der Waals surface area contributed by atoms with E-state index in [1.807, 2.05) is 0 Å². The molecule has 0 spiro atoms. The van der Waals surface area contributed by atoms with E-state index in [1.165, 1.54) is 18.4 Å². The van der Waals surface area contributed by atoms with Crippen LogP contribution in [0.5, 0.6) is 5.75 Å². The summed E-state index contributed by atoms with van der Waals surface area (Å²) in [5, 5.41) is 0. The molecule has 76 valence electrons. The molecule has 1 fully saturated rings. The Morgan fingerprint density at radius 1 is 1.43 bits per heavy atom. The number of benzene rings is 1. The van der Waals surface area contributed by atoms with Gasteiger partial charge < -0.3 is 10.5 Å². The molecular weight excluding hydrogens is 174 g/mol. The highest BCUT2D eigenvalue weighted by atomic mass is 16.5. The quantitative estimate of drug-likeness (QED) is 0.792. The summed E-state index contributed by atoms with van der Waals surface area (Å²) >= 11 is 0. The topological polar surface area (TPSA) is 35.2 Å². The van der Waals surface area contributed by atoms with Crippen molar-refractivity contribution < 1.29 is 4.74 Å². The van der Waals surface area contributed by atoms with Crippen LogP contribution in [0.15, 0.2) is 18.2 Å². The van der Waals surface area contributed by atoms with Crippen molar-refractivity contribution in [3.05, 3.63) is 29.3 Å². The molecule has 1 saturated carbocycles. The maximum atomic E-state index is 5.77. The van der Waals surface area contributed by atoms with Crippen molar-refractivity contribution in [3.8, 4) is 5.75 Å². The smallest absolute Gasteiger partial charge is 0.124 e. The molecule has 0 aliphatic heterocycles. The molecule has 0 saturated heterocycles. The molecule has 0 aromatic heterocycles. The van der Waals surface area contributed by atoms with Crippen molar-refractivity contribution in [2.75, 3.05) is 0 Å². The minimum absolute atomic E-state index is 0.452. The fourth-order valence-electron chi connectivity index (χ4n) is 1.49. The molecule has 0 atom stereocenters. The van der Waals surface area contributed by atoms with Gasteiger partial charge in [-0.1, -0.05) is 19.1 Å². The summed E-state index contributed by atoms with van der Waals surface area (Å²) < 4.78 is 5.77. The minimum Gasteiger partial charge on any atom is -0.490 e. The minimum atomic E-state index is 0.452. The van der Waals surface area contributed by atoms with E-state index in [2.05, 4.69) is 25.1 Å². The van der Waals surface area contributed by atoms with Gasteiger partial charge in [-0.15, -0.1) is 0 Å². The molecule has 1 aromatic rings. The van der Waals surface area contributed by atoms with Crippen molar-refractivity contribution in [1.29, 1.82) is 0 Å². The Hall–Kier alpha value is -1.02. The lowest BCUT2D eigenvalue weighted by atomic mass is 10.1. The van der Waals surface area contributed by atoms with Gasteiger partial charge in [0.1, 0.15) is 5.75 Å². The number of hydrogen-bond donors (Lipinski definition) is 1.